The zero-order valence-corrected chi connectivity index (χ0v) is 29.9. The molecule has 0 unspecified atom stereocenters. The lowest BCUT2D eigenvalue weighted by atomic mass is 9.91. The van der Waals surface area contributed by atoms with Gasteiger partial charge in [-0.15, -0.1) is 0 Å². The van der Waals surface area contributed by atoms with Crippen LogP contribution in [0.15, 0.2) is 89.6 Å². The molecule has 1 aromatic heterocycles. The second-order valence-corrected chi connectivity index (χ2v) is 13.0. The van der Waals surface area contributed by atoms with Crippen LogP contribution in [0.25, 0.3) is 5.76 Å². The Kier molecular flexibility index (Phi) is 10.9. The molecule has 54 heavy (non-hydrogen) atoms. The lowest BCUT2D eigenvalue weighted by Crippen LogP contribution is -2.40. The van der Waals surface area contributed by atoms with Crippen molar-refractivity contribution in [1.82, 2.24) is 9.88 Å². The molecule has 2 aliphatic rings. The summed E-state index contributed by atoms with van der Waals surface area (Å²) >= 11 is 0. The van der Waals surface area contributed by atoms with Crippen molar-refractivity contribution in [2.45, 2.75) is 39.5 Å². The number of nitro benzene ring substituents is 2. The van der Waals surface area contributed by atoms with E-state index in [2.05, 4.69) is 11.1 Å². The molecular weight excluding hydrogens is 696 g/mol. The van der Waals surface area contributed by atoms with Gasteiger partial charge in [-0.05, 0) is 71.5 Å². The number of rotatable bonds is 11. The lowest BCUT2D eigenvalue weighted by molar-refractivity contribution is -0.385. The van der Waals surface area contributed by atoms with E-state index in [0.29, 0.717) is 54.8 Å². The number of non-ortho nitro benzene ring substituents is 2. The lowest BCUT2D eigenvalue weighted by Gasteiger charge is -2.26. The Morgan fingerprint density at radius 1 is 0.870 bits per heavy atom. The number of hydrogen-bond donors (Lipinski definition) is 1. The number of aromatic amines is 1. The SMILES string of the molecule is CC(C)c1cc(C#N)cc(C(C)C)c1OC(=C1C=CC(Oc2ccc([N+](=O)[O-])cc2)=N1)c1cc(C(=O)N2CCOCC2)c(Oc2ccc([N+](=O)[O-])cc2)[nH]1. The number of ether oxygens (including phenoxy) is 4. The van der Waals surface area contributed by atoms with Gasteiger partial charge in [-0.1, -0.05) is 27.7 Å². The first-order valence-corrected chi connectivity index (χ1v) is 17.1. The Balaban J connectivity index is 1.50. The maximum Gasteiger partial charge on any atom is 0.269 e. The molecule has 1 amide bonds. The number of hydrogen-bond acceptors (Lipinski definition) is 11. The second kappa shape index (κ2) is 15.8. The Labute approximate surface area is 310 Å². The fourth-order valence-corrected chi connectivity index (χ4v) is 5.83. The van der Waals surface area contributed by atoms with Crippen LogP contribution < -0.4 is 14.2 Å². The summed E-state index contributed by atoms with van der Waals surface area (Å²) < 4.78 is 24.5. The number of allylic oxidation sites excluding steroid dienone is 1. The molecule has 0 aliphatic carbocycles. The first-order valence-electron chi connectivity index (χ1n) is 17.1. The van der Waals surface area contributed by atoms with Crippen LogP contribution in [-0.2, 0) is 4.74 Å². The summed E-state index contributed by atoms with van der Waals surface area (Å²) in [5, 5.41) is 32.3. The molecule has 4 aromatic rings. The summed E-state index contributed by atoms with van der Waals surface area (Å²) in [5.41, 5.74) is 2.64. The van der Waals surface area contributed by atoms with E-state index in [1.807, 2.05) is 27.7 Å². The van der Waals surface area contributed by atoms with Crippen molar-refractivity contribution in [2.24, 2.45) is 4.99 Å². The van der Waals surface area contributed by atoms with Crippen LogP contribution in [-0.4, -0.2) is 57.8 Å². The van der Waals surface area contributed by atoms with Gasteiger partial charge >= 0.3 is 0 Å². The van der Waals surface area contributed by atoms with Crippen molar-refractivity contribution in [3.8, 4) is 29.2 Å². The second-order valence-electron chi connectivity index (χ2n) is 13.0. The van der Waals surface area contributed by atoms with Crippen molar-refractivity contribution in [3.05, 3.63) is 133 Å². The fraction of sp³-hybridized carbons (Fsp3) is 0.256. The predicted molar refractivity (Wildman–Crippen MR) is 198 cm³/mol. The van der Waals surface area contributed by atoms with Crippen LogP contribution in [0.4, 0.5) is 11.4 Å². The van der Waals surface area contributed by atoms with Gasteiger partial charge in [-0.2, -0.15) is 5.26 Å². The molecule has 15 heteroatoms. The number of H-pyrrole nitrogens is 1. The summed E-state index contributed by atoms with van der Waals surface area (Å²) in [5.74, 6) is 1.09. The Morgan fingerprint density at radius 2 is 1.43 bits per heavy atom. The minimum absolute atomic E-state index is 0.0520. The quantitative estimate of drug-likeness (QED) is 0.0896. The number of nitro groups is 2. The van der Waals surface area contributed by atoms with Gasteiger partial charge in [0.05, 0.1) is 40.4 Å². The summed E-state index contributed by atoms with van der Waals surface area (Å²) in [4.78, 5) is 45.0. The van der Waals surface area contributed by atoms with E-state index in [9.17, 15) is 30.3 Å². The number of nitrogens with zero attached hydrogens (tertiary/aromatic N) is 5. The molecule has 6 rings (SSSR count). The van der Waals surface area contributed by atoms with Gasteiger partial charge in [0.1, 0.15) is 28.5 Å². The van der Waals surface area contributed by atoms with E-state index in [-0.39, 0.29) is 58.0 Å². The molecule has 2 aliphatic heterocycles. The maximum absolute atomic E-state index is 14.0. The Hall–Kier alpha value is -6.79. The highest BCUT2D eigenvalue weighted by Crippen LogP contribution is 2.41. The minimum Gasteiger partial charge on any atom is -0.452 e. The molecule has 276 valence electrons. The highest BCUT2D eigenvalue weighted by Gasteiger charge is 2.29. The van der Waals surface area contributed by atoms with E-state index in [1.54, 1.807) is 35.3 Å². The number of aromatic nitrogens is 1. The average Bonchev–Trinajstić information content (AvgIpc) is 3.81. The van der Waals surface area contributed by atoms with Crippen LogP contribution in [0.5, 0.6) is 23.1 Å². The monoisotopic (exact) mass is 732 g/mol. The Morgan fingerprint density at radius 3 is 1.94 bits per heavy atom. The van der Waals surface area contributed by atoms with Crippen molar-refractivity contribution in [3.63, 3.8) is 0 Å². The molecule has 15 nitrogen and oxygen atoms in total. The van der Waals surface area contributed by atoms with Gasteiger partial charge in [0.25, 0.3) is 17.3 Å². The minimum atomic E-state index is -0.519. The maximum atomic E-state index is 14.0. The highest BCUT2D eigenvalue weighted by molar-refractivity contribution is 5.99. The normalized spacial score (nSPS) is 14.8. The van der Waals surface area contributed by atoms with Gasteiger partial charge in [0.2, 0.25) is 11.8 Å². The predicted octanol–water partition coefficient (Wildman–Crippen LogP) is 8.01. The largest absolute Gasteiger partial charge is 0.452 e. The van der Waals surface area contributed by atoms with Crippen LogP contribution >= 0.6 is 0 Å². The number of amides is 1. The number of carbonyl (C=O) groups excluding carboxylic acids is 1. The third-order valence-electron chi connectivity index (χ3n) is 8.66. The third kappa shape index (κ3) is 8.14. The highest BCUT2D eigenvalue weighted by atomic mass is 16.6. The molecule has 0 saturated carbocycles. The van der Waals surface area contributed by atoms with Gasteiger partial charge in [0.15, 0.2) is 5.76 Å². The summed E-state index contributed by atoms with van der Waals surface area (Å²) in [7, 11) is 0. The van der Waals surface area contributed by atoms with Gasteiger partial charge < -0.3 is 28.8 Å². The molecular formula is C39H36N6O9. The number of benzene rings is 3. The number of nitriles is 1. The number of aliphatic imine (C=N–C) groups is 1. The van der Waals surface area contributed by atoms with Crippen molar-refractivity contribution in [2.75, 3.05) is 26.3 Å². The van der Waals surface area contributed by atoms with Gasteiger partial charge in [-0.25, -0.2) is 4.99 Å². The number of morpholine rings is 1. The molecule has 0 spiro atoms. The van der Waals surface area contributed by atoms with Gasteiger partial charge in [-0.3, -0.25) is 25.0 Å². The molecule has 0 bridgehead atoms. The van der Waals surface area contributed by atoms with Crippen molar-refractivity contribution >= 4 is 28.9 Å². The van der Waals surface area contributed by atoms with Crippen LogP contribution in [0.3, 0.4) is 0 Å². The fourth-order valence-electron chi connectivity index (χ4n) is 5.83. The van der Waals surface area contributed by atoms with Crippen LogP contribution in [0.1, 0.15) is 72.3 Å². The molecule has 0 atom stereocenters. The molecule has 0 radical (unpaired) electrons. The summed E-state index contributed by atoms with van der Waals surface area (Å²) in [6.07, 6.45) is 3.29. The summed E-state index contributed by atoms with van der Waals surface area (Å²) in [6.45, 7) is 9.43. The number of nitrogens with one attached hydrogen (secondary N) is 1. The standard InChI is InChI=1S/C39H36N6O9/c1-23(2)30-19-25(22-40)20-31(24(3)4)36(30)54-37(33-13-14-35(41-33)52-28-9-5-26(6-10-28)44(47)48)34-21-32(39(46)43-15-17-51-18-16-43)38(42-34)53-29-11-7-27(8-12-29)45(49)50/h5-14,19-21,23-24,42H,15-18H2,1-4H3. The molecule has 1 fully saturated rings. The molecule has 3 aromatic carbocycles. The van der Waals surface area contributed by atoms with Gasteiger partial charge in [0, 0.05) is 43.4 Å². The molecule has 1 N–H and O–H groups in total. The number of carbonyl (C=O) groups is 1. The summed E-state index contributed by atoms with van der Waals surface area (Å²) in [6, 6.07) is 18.5. The topological polar surface area (TPSA) is 195 Å². The molecule has 3 heterocycles. The zero-order valence-electron chi connectivity index (χ0n) is 29.9. The van der Waals surface area contributed by atoms with E-state index in [4.69, 9.17) is 23.9 Å². The van der Waals surface area contributed by atoms with Crippen LogP contribution in [0.2, 0.25) is 0 Å². The third-order valence-corrected chi connectivity index (χ3v) is 8.66. The smallest absolute Gasteiger partial charge is 0.269 e. The van der Waals surface area contributed by atoms with Crippen LogP contribution in [0, 0.1) is 31.6 Å². The first kappa shape index (κ1) is 37.0. The van der Waals surface area contributed by atoms with E-state index >= 15 is 0 Å². The first-order chi connectivity index (χ1) is 25.9. The van der Waals surface area contributed by atoms with Crippen molar-refractivity contribution < 1.29 is 33.6 Å². The Bertz CT molecular complexity index is 2190. The zero-order chi connectivity index (χ0) is 38.5. The van der Waals surface area contributed by atoms with E-state index in [1.165, 1.54) is 48.5 Å². The molecule has 1 saturated heterocycles. The average molecular weight is 733 g/mol. The van der Waals surface area contributed by atoms with E-state index < -0.39 is 9.85 Å². The van der Waals surface area contributed by atoms with Crippen molar-refractivity contribution in [1.29, 1.82) is 5.26 Å². The van der Waals surface area contributed by atoms with E-state index in [0.717, 1.165) is 11.1 Å².